The second-order valence-electron chi connectivity index (χ2n) is 3.46. The molecule has 0 aromatic carbocycles. The first-order valence-corrected chi connectivity index (χ1v) is 4.72. The van der Waals surface area contributed by atoms with Crippen LogP contribution in [0, 0.1) is 5.92 Å². The number of hydrogen-bond acceptors (Lipinski definition) is 2. The van der Waals surface area contributed by atoms with Gasteiger partial charge in [0.25, 0.3) is 0 Å². The van der Waals surface area contributed by atoms with Crippen LogP contribution in [-0.4, -0.2) is 15.6 Å². The third-order valence-corrected chi connectivity index (χ3v) is 1.93. The van der Waals surface area contributed by atoms with Gasteiger partial charge in [0.05, 0.1) is 0 Å². The van der Waals surface area contributed by atoms with Crippen molar-refractivity contribution in [2.75, 3.05) is 0 Å². The highest BCUT2D eigenvalue weighted by atomic mass is 16.1. The minimum atomic E-state index is 0.0484. The zero-order valence-corrected chi connectivity index (χ0v) is 8.45. The lowest BCUT2D eigenvalue weighted by Crippen LogP contribution is -2.14. The van der Waals surface area contributed by atoms with Crippen LogP contribution in [0.5, 0.6) is 0 Å². The van der Waals surface area contributed by atoms with Crippen molar-refractivity contribution in [3.05, 3.63) is 18.0 Å². The lowest BCUT2D eigenvalue weighted by Gasteiger charge is -2.06. The van der Waals surface area contributed by atoms with Crippen LogP contribution in [0.25, 0.3) is 0 Å². The molecule has 0 bridgehead atoms. The summed E-state index contributed by atoms with van der Waals surface area (Å²) in [7, 11) is 0. The summed E-state index contributed by atoms with van der Waals surface area (Å²) in [6.45, 7) is 6.71. The number of carbonyl (C=O) groups excluding carboxylic acids is 1. The Morgan fingerprint density at radius 2 is 2.31 bits per heavy atom. The molecule has 1 heterocycles. The van der Waals surface area contributed by atoms with Gasteiger partial charge in [0, 0.05) is 18.7 Å². The van der Waals surface area contributed by atoms with E-state index in [4.69, 9.17) is 0 Å². The number of aryl methyl sites for hydroxylation is 1. The second-order valence-corrected chi connectivity index (χ2v) is 3.46. The van der Waals surface area contributed by atoms with Crippen molar-refractivity contribution in [2.45, 2.75) is 33.7 Å². The smallest absolute Gasteiger partial charge is 0.183 e. The van der Waals surface area contributed by atoms with Gasteiger partial charge in [-0.15, -0.1) is 0 Å². The molecule has 1 rings (SSSR count). The molecule has 1 aromatic rings. The Morgan fingerprint density at radius 1 is 1.62 bits per heavy atom. The average molecular weight is 180 g/mol. The van der Waals surface area contributed by atoms with E-state index in [-0.39, 0.29) is 11.7 Å². The summed E-state index contributed by atoms with van der Waals surface area (Å²) in [5.41, 5.74) is 0.733. The van der Waals surface area contributed by atoms with E-state index in [1.807, 2.05) is 13.8 Å². The topological polar surface area (TPSA) is 34.9 Å². The van der Waals surface area contributed by atoms with Crippen molar-refractivity contribution in [1.82, 2.24) is 9.78 Å². The molecule has 0 radical (unpaired) electrons. The van der Waals surface area contributed by atoms with E-state index in [0.717, 1.165) is 18.7 Å². The van der Waals surface area contributed by atoms with Crippen molar-refractivity contribution < 1.29 is 4.79 Å². The summed E-state index contributed by atoms with van der Waals surface area (Å²) in [6, 6.07) is 1.79. The molecule has 0 saturated carbocycles. The van der Waals surface area contributed by atoms with Gasteiger partial charge in [0.1, 0.15) is 5.69 Å². The van der Waals surface area contributed by atoms with E-state index in [1.165, 1.54) is 0 Å². The Bertz CT molecular complexity index is 289. The SMILES string of the molecule is CCCn1nccc1C(=O)C(C)C. The quantitative estimate of drug-likeness (QED) is 0.665. The zero-order valence-electron chi connectivity index (χ0n) is 8.45. The first kappa shape index (κ1) is 9.96. The fourth-order valence-electron chi connectivity index (χ4n) is 1.23. The first-order valence-electron chi connectivity index (χ1n) is 4.72. The van der Waals surface area contributed by atoms with Crippen molar-refractivity contribution in [3.8, 4) is 0 Å². The van der Waals surface area contributed by atoms with Gasteiger partial charge in [-0.3, -0.25) is 9.48 Å². The molecular formula is C10H16N2O. The van der Waals surface area contributed by atoms with Crippen molar-refractivity contribution in [3.63, 3.8) is 0 Å². The molecule has 3 heteroatoms. The van der Waals surface area contributed by atoms with E-state index >= 15 is 0 Å². The molecular weight excluding hydrogens is 164 g/mol. The summed E-state index contributed by atoms with van der Waals surface area (Å²) < 4.78 is 1.78. The van der Waals surface area contributed by atoms with Crippen LogP contribution < -0.4 is 0 Å². The number of nitrogens with zero attached hydrogens (tertiary/aromatic N) is 2. The summed E-state index contributed by atoms with van der Waals surface area (Å²) in [6.07, 6.45) is 2.69. The maximum absolute atomic E-state index is 11.6. The summed E-state index contributed by atoms with van der Waals surface area (Å²) in [4.78, 5) is 11.6. The lowest BCUT2D eigenvalue weighted by atomic mass is 10.1. The Kier molecular flexibility index (Phi) is 3.23. The molecule has 13 heavy (non-hydrogen) atoms. The first-order chi connectivity index (χ1) is 6.16. The largest absolute Gasteiger partial charge is 0.292 e. The third-order valence-electron chi connectivity index (χ3n) is 1.93. The minimum Gasteiger partial charge on any atom is -0.292 e. The fraction of sp³-hybridized carbons (Fsp3) is 0.600. The third kappa shape index (κ3) is 2.17. The van der Waals surface area contributed by atoms with Crippen LogP contribution in [0.4, 0.5) is 0 Å². The predicted molar refractivity (Wildman–Crippen MR) is 51.7 cm³/mol. The molecule has 0 unspecified atom stereocenters. The number of Topliss-reactive ketones (excluding diaryl/α,β-unsaturated/α-hetero) is 1. The highest BCUT2D eigenvalue weighted by Gasteiger charge is 2.14. The Labute approximate surface area is 78.8 Å². The Balaban J connectivity index is 2.87. The standard InChI is InChI=1S/C10H16N2O/c1-4-7-12-9(5-6-11-12)10(13)8(2)3/h5-6,8H,4,7H2,1-3H3. The molecule has 1 aromatic heterocycles. The van der Waals surface area contributed by atoms with E-state index in [0.29, 0.717) is 0 Å². The number of rotatable bonds is 4. The van der Waals surface area contributed by atoms with Crippen molar-refractivity contribution in [2.24, 2.45) is 5.92 Å². The minimum absolute atomic E-state index is 0.0484. The summed E-state index contributed by atoms with van der Waals surface area (Å²) in [5, 5.41) is 4.11. The van der Waals surface area contributed by atoms with Gasteiger partial charge in [-0.1, -0.05) is 20.8 Å². The van der Waals surface area contributed by atoms with Crippen molar-refractivity contribution >= 4 is 5.78 Å². The highest BCUT2D eigenvalue weighted by Crippen LogP contribution is 2.08. The molecule has 72 valence electrons. The molecule has 0 saturated heterocycles. The molecule has 0 amide bonds. The molecule has 0 aliphatic rings. The molecule has 0 fully saturated rings. The molecule has 3 nitrogen and oxygen atoms in total. The maximum Gasteiger partial charge on any atom is 0.183 e. The molecule has 0 aliphatic heterocycles. The van der Waals surface area contributed by atoms with E-state index in [2.05, 4.69) is 12.0 Å². The Hall–Kier alpha value is -1.12. The number of carbonyl (C=O) groups is 1. The zero-order chi connectivity index (χ0) is 9.84. The van der Waals surface area contributed by atoms with Gasteiger partial charge in [-0.05, 0) is 12.5 Å². The maximum atomic E-state index is 11.6. The van der Waals surface area contributed by atoms with E-state index in [9.17, 15) is 4.79 Å². The number of ketones is 1. The molecule has 0 spiro atoms. The van der Waals surface area contributed by atoms with Gasteiger partial charge < -0.3 is 0 Å². The van der Waals surface area contributed by atoms with E-state index < -0.39 is 0 Å². The van der Waals surface area contributed by atoms with E-state index in [1.54, 1.807) is 16.9 Å². The second kappa shape index (κ2) is 4.21. The van der Waals surface area contributed by atoms with Gasteiger partial charge >= 0.3 is 0 Å². The van der Waals surface area contributed by atoms with Crippen LogP contribution in [0.15, 0.2) is 12.3 Å². The fourth-order valence-corrected chi connectivity index (χ4v) is 1.23. The Morgan fingerprint density at radius 3 is 2.85 bits per heavy atom. The van der Waals surface area contributed by atoms with Gasteiger partial charge in [-0.25, -0.2) is 0 Å². The van der Waals surface area contributed by atoms with Crippen LogP contribution in [0.1, 0.15) is 37.7 Å². The van der Waals surface area contributed by atoms with Gasteiger partial charge in [-0.2, -0.15) is 5.10 Å². The molecule has 0 atom stereocenters. The van der Waals surface area contributed by atoms with Crippen LogP contribution in [0.3, 0.4) is 0 Å². The summed E-state index contributed by atoms with van der Waals surface area (Å²) >= 11 is 0. The monoisotopic (exact) mass is 180 g/mol. The molecule has 0 N–H and O–H groups in total. The predicted octanol–water partition coefficient (Wildman–Crippen LogP) is 2.13. The normalized spacial score (nSPS) is 10.8. The molecule has 0 aliphatic carbocycles. The lowest BCUT2D eigenvalue weighted by molar-refractivity contribution is 0.0928. The van der Waals surface area contributed by atoms with Gasteiger partial charge in [0.2, 0.25) is 0 Å². The highest BCUT2D eigenvalue weighted by molar-refractivity contribution is 5.95. The number of hydrogen-bond donors (Lipinski definition) is 0. The summed E-state index contributed by atoms with van der Waals surface area (Å²) in [5.74, 6) is 0.221. The van der Waals surface area contributed by atoms with Crippen molar-refractivity contribution in [1.29, 1.82) is 0 Å². The van der Waals surface area contributed by atoms with Crippen LogP contribution in [-0.2, 0) is 6.54 Å². The van der Waals surface area contributed by atoms with Gasteiger partial charge in [0.15, 0.2) is 5.78 Å². The van der Waals surface area contributed by atoms with Crippen LogP contribution >= 0.6 is 0 Å². The number of aromatic nitrogens is 2. The van der Waals surface area contributed by atoms with Crippen LogP contribution in [0.2, 0.25) is 0 Å². The average Bonchev–Trinajstić information content (AvgIpc) is 2.52.